The second kappa shape index (κ2) is 7.67. The van der Waals surface area contributed by atoms with Crippen LogP contribution < -0.4 is 5.32 Å². The van der Waals surface area contributed by atoms with Gasteiger partial charge >= 0.3 is 0 Å². The highest BCUT2D eigenvalue weighted by atomic mass is 35.5. The van der Waals surface area contributed by atoms with Crippen LogP contribution in [0.15, 0.2) is 47.6 Å². The van der Waals surface area contributed by atoms with Crippen molar-refractivity contribution >= 4 is 35.0 Å². The highest BCUT2D eigenvalue weighted by Crippen LogP contribution is 2.22. The van der Waals surface area contributed by atoms with E-state index in [1.807, 2.05) is 26.0 Å². The zero-order valence-corrected chi connectivity index (χ0v) is 15.3. The lowest BCUT2D eigenvalue weighted by Crippen LogP contribution is -2.14. The van der Waals surface area contributed by atoms with E-state index in [1.165, 1.54) is 17.3 Å². The van der Waals surface area contributed by atoms with Gasteiger partial charge in [0, 0.05) is 10.7 Å². The molecule has 2 aromatic carbocycles. The predicted molar refractivity (Wildman–Crippen MR) is 99.4 cm³/mol. The van der Waals surface area contributed by atoms with Gasteiger partial charge in [0.1, 0.15) is 0 Å². The van der Waals surface area contributed by atoms with Gasteiger partial charge in [0.2, 0.25) is 11.1 Å². The number of rotatable bonds is 5. The third kappa shape index (κ3) is 4.37. The normalized spacial score (nSPS) is 10.7. The van der Waals surface area contributed by atoms with Gasteiger partial charge in [0.05, 0.1) is 11.4 Å². The number of nitrogens with zero attached hydrogens (tertiary/aromatic N) is 4. The number of thioether (sulfide) groups is 1. The number of hydrogen-bond acceptors (Lipinski definition) is 5. The predicted octanol–water partition coefficient (Wildman–Crippen LogP) is 3.66. The van der Waals surface area contributed by atoms with Gasteiger partial charge in [-0.15, -0.1) is 5.10 Å². The van der Waals surface area contributed by atoms with Crippen LogP contribution in [0.4, 0.5) is 5.69 Å². The molecule has 25 heavy (non-hydrogen) atoms. The zero-order valence-electron chi connectivity index (χ0n) is 13.7. The molecule has 128 valence electrons. The molecule has 8 heteroatoms. The number of hydrogen-bond donors (Lipinski definition) is 1. The largest absolute Gasteiger partial charge is 0.325 e. The fourth-order valence-electron chi connectivity index (χ4n) is 2.36. The van der Waals surface area contributed by atoms with E-state index in [2.05, 4.69) is 26.9 Å². The Bertz CT molecular complexity index is 912. The lowest BCUT2D eigenvalue weighted by atomic mass is 10.1. The summed E-state index contributed by atoms with van der Waals surface area (Å²) in [6.07, 6.45) is 0. The highest BCUT2D eigenvalue weighted by molar-refractivity contribution is 7.99. The summed E-state index contributed by atoms with van der Waals surface area (Å²) >= 11 is 7.19. The van der Waals surface area contributed by atoms with E-state index < -0.39 is 0 Å². The van der Waals surface area contributed by atoms with Crippen LogP contribution in [0.3, 0.4) is 0 Å². The molecule has 0 atom stereocenters. The zero-order chi connectivity index (χ0) is 17.8. The van der Waals surface area contributed by atoms with E-state index in [0.29, 0.717) is 15.9 Å². The number of carbonyl (C=O) groups is 1. The van der Waals surface area contributed by atoms with Gasteiger partial charge < -0.3 is 5.32 Å². The second-order valence-electron chi connectivity index (χ2n) is 5.51. The number of nitrogens with one attached hydrogen (secondary N) is 1. The lowest BCUT2D eigenvalue weighted by molar-refractivity contribution is -0.113. The molecule has 3 aromatic rings. The molecule has 1 heterocycles. The molecule has 0 bridgehead atoms. The van der Waals surface area contributed by atoms with Gasteiger partial charge in [-0.2, -0.15) is 4.68 Å². The summed E-state index contributed by atoms with van der Waals surface area (Å²) in [7, 11) is 0. The third-order valence-electron chi connectivity index (χ3n) is 3.46. The van der Waals surface area contributed by atoms with E-state index in [1.54, 1.807) is 28.9 Å². The lowest BCUT2D eigenvalue weighted by Gasteiger charge is -2.08. The van der Waals surface area contributed by atoms with Gasteiger partial charge in [-0.05, 0) is 54.1 Å². The van der Waals surface area contributed by atoms with Crippen molar-refractivity contribution in [3.05, 3.63) is 58.6 Å². The van der Waals surface area contributed by atoms with Gasteiger partial charge in [0.15, 0.2) is 0 Å². The van der Waals surface area contributed by atoms with Crippen LogP contribution in [-0.2, 0) is 4.79 Å². The molecule has 0 aliphatic carbocycles. The Morgan fingerprint density at radius 1 is 1.24 bits per heavy atom. The van der Waals surface area contributed by atoms with Crippen molar-refractivity contribution in [1.29, 1.82) is 0 Å². The van der Waals surface area contributed by atoms with Crippen molar-refractivity contribution in [2.24, 2.45) is 0 Å². The Hall–Kier alpha value is -2.38. The Balaban J connectivity index is 1.68. The molecule has 1 amide bonds. The Morgan fingerprint density at radius 2 is 2.08 bits per heavy atom. The van der Waals surface area contributed by atoms with Crippen molar-refractivity contribution in [3.63, 3.8) is 0 Å². The molecular weight excluding hydrogens is 358 g/mol. The summed E-state index contributed by atoms with van der Waals surface area (Å²) in [5, 5.41) is 15.7. The molecule has 0 aliphatic rings. The first-order valence-electron chi connectivity index (χ1n) is 7.57. The molecule has 0 saturated heterocycles. The second-order valence-corrected chi connectivity index (χ2v) is 6.89. The molecule has 1 N–H and O–H groups in total. The van der Waals surface area contributed by atoms with Gasteiger partial charge in [-0.25, -0.2) is 0 Å². The first-order chi connectivity index (χ1) is 12.0. The molecule has 1 aromatic heterocycles. The number of halogens is 1. The standard InChI is InChI=1S/C17H16ClN5OS/c1-11-6-7-15(12(2)8-11)23-17(20-21-22-23)25-10-16(24)19-14-5-3-4-13(18)9-14/h3-9H,10H2,1-2H3,(H,19,24). The first kappa shape index (κ1) is 17.4. The number of amides is 1. The summed E-state index contributed by atoms with van der Waals surface area (Å²) in [6.45, 7) is 4.04. The minimum absolute atomic E-state index is 0.151. The number of benzene rings is 2. The topological polar surface area (TPSA) is 72.7 Å². The van der Waals surface area contributed by atoms with E-state index >= 15 is 0 Å². The highest BCUT2D eigenvalue weighted by Gasteiger charge is 2.13. The van der Waals surface area contributed by atoms with Crippen LogP contribution in [-0.4, -0.2) is 31.9 Å². The molecular formula is C17H16ClN5OS. The summed E-state index contributed by atoms with van der Waals surface area (Å²) in [5.74, 6) is 0.0417. The minimum Gasteiger partial charge on any atom is -0.325 e. The Morgan fingerprint density at radius 3 is 2.84 bits per heavy atom. The molecule has 0 spiro atoms. The van der Waals surface area contributed by atoms with Crippen molar-refractivity contribution < 1.29 is 4.79 Å². The summed E-state index contributed by atoms with van der Waals surface area (Å²) in [5.41, 5.74) is 3.79. The number of tetrazole rings is 1. The Kier molecular flexibility index (Phi) is 5.35. The van der Waals surface area contributed by atoms with E-state index in [0.717, 1.165) is 11.3 Å². The maximum absolute atomic E-state index is 12.1. The minimum atomic E-state index is -0.151. The average molecular weight is 374 g/mol. The maximum atomic E-state index is 12.1. The maximum Gasteiger partial charge on any atom is 0.234 e. The fourth-order valence-corrected chi connectivity index (χ4v) is 3.23. The number of carbonyl (C=O) groups excluding carboxylic acids is 1. The molecule has 0 fully saturated rings. The smallest absolute Gasteiger partial charge is 0.234 e. The van der Waals surface area contributed by atoms with Gasteiger partial charge in [-0.1, -0.05) is 47.1 Å². The average Bonchev–Trinajstić information content (AvgIpc) is 3.01. The summed E-state index contributed by atoms with van der Waals surface area (Å²) < 4.78 is 1.64. The molecule has 0 unspecified atom stereocenters. The molecule has 0 radical (unpaired) electrons. The number of anilines is 1. The van der Waals surface area contributed by atoms with Crippen LogP contribution in [0.25, 0.3) is 5.69 Å². The van der Waals surface area contributed by atoms with Crippen molar-refractivity contribution in [1.82, 2.24) is 20.2 Å². The van der Waals surface area contributed by atoms with Crippen LogP contribution in [0.1, 0.15) is 11.1 Å². The first-order valence-corrected chi connectivity index (χ1v) is 8.93. The van der Waals surface area contributed by atoms with Gasteiger partial charge in [-0.3, -0.25) is 4.79 Å². The quantitative estimate of drug-likeness (QED) is 0.691. The summed E-state index contributed by atoms with van der Waals surface area (Å²) in [4.78, 5) is 12.1. The van der Waals surface area contributed by atoms with Crippen LogP contribution in [0.5, 0.6) is 0 Å². The third-order valence-corrected chi connectivity index (χ3v) is 4.62. The van der Waals surface area contributed by atoms with E-state index in [4.69, 9.17) is 11.6 Å². The Labute approximate surface area is 154 Å². The molecule has 0 saturated carbocycles. The van der Waals surface area contributed by atoms with Crippen LogP contribution in [0, 0.1) is 13.8 Å². The molecule has 0 aliphatic heterocycles. The van der Waals surface area contributed by atoms with E-state index in [-0.39, 0.29) is 11.7 Å². The number of aromatic nitrogens is 4. The molecule has 6 nitrogen and oxygen atoms in total. The molecule has 3 rings (SSSR count). The van der Waals surface area contributed by atoms with Gasteiger partial charge in [0.25, 0.3) is 0 Å². The fraction of sp³-hybridized carbons (Fsp3) is 0.176. The van der Waals surface area contributed by atoms with Crippen molar-refractivity contribution in [2.75, 3.05) is 11.1 Å². The van der Waals surface area contributed by atoms with Crippen molar-refractivity contribution in [2.45, 2.75) is 19.0 Å². The van der Waals surface area contributed by atoms with Crippen LogP contribution in [0.2, 0.25) is 5.02 Å². The van der Waals surface area contributed by atoms with Crippen LogP contribution >= 0.6 is 23.4 Å². The number of aryl methyl sites for hydroxylation is 2. The SMILES string of the molecule is Cc1ccc(-n2nnnc2SCC(=O)Nc2cccc(Cl)c2)c(C)c1. The monoisotopic (exact) mass is 373 g/mol. The van der Waals surface area contributed by atoms with E-state index in [9.17, 15) is 4.79 Å². The summed E-state index contributed by atoms with van der Waals surface area (Å²) in [6, 6.07) is 13.1. The van der Waals surface area contributed by atoms with Crippen molar-refractivity contribution in [3.8, 4) is 5.69 Å².